The van der Waals surface area contributed by atoms with E-state index in [4.69, 9.17) is 5.11 Å². The minimum atomic E-state index is -0.853. The van der Waals surface area contributed by atoms with E-state index in [0.717, 1.165) is 0 Å². The number of aromatic nitrogens is 4. The average Bonchev–Trinajstić information content (AvgIpc) is 2.92. The first-order valence-electron chi connectivity index (χ1n) is 6.29. The first kappa shape index (κ1) is 14.2. The highest BCUT2D eigenvalue weighted by molar-refractivity contribution is 5.74. The quantitative estimate of drug-likeness (QED) is 0.624. The monoisotopic (exact) mass is 283 g/mol. The summed E-state index contributed by atoms with van der Waals surface area (Å²) in [5.74, 6) is -0.434. The van der Waals surface area contributed by atoms with Gasteiger partial charge in [0.1, 0.15) is 0 Å². The molecule has 2 amide bonds. The SMILES string of the molecule is CC(NC(=O)N1CCN(CC(=O)O)CC1)c1nn[nH]n1. The second-order valence-electron chi connectivity index (χ2n) is 4.60. The number of H-pyrrole nitrogens is 1. The van der Waals surface area contributed by atoms with Crippen molar-refractivity contribution in [2.24, 2.45) is 0 Å². The van der Waals surface area contributed by atoms with Crippen LogP contribution >= 0.6 is 0 Å². The van der Waals surface area contributed by atoms with Crippen molar-refractivity contribution in [3.8, 4) is 0 Å². The van der Waals surface area contributed by atoms with Gasteiger partial charge in [0.2, 0.25) is 0 Å². The topological polar surface area (TPSA) is 127 Å². The van der Waals surface area contributed by atoms with Crippen LogP contribution < -0.4 is 5.32 Å². The van der Waals surface area contributed by atoms with Gasteiger partial charge in [-0.3, -0.25) is 9.69 Å². The molecule has 1 aromatic rings. The molecule has 20 heavy (non-hydrogen) atoms. The van der Waals surface area contributed by atoms with Crippen LogP contribution in [0, 0.1) is 0 Å². The molecule has 2 rings (SSSR count). The van der Waals surface area contributed by atoms with Crippen molar-refractivity contribution in [3.63, 3.8) is 0 Å². The second kappa shape index (κ2) is 6.28. The molecule has 0 radical (unpaired) electrons. The van der Waals surface area contributed by atoms with Crippen LogP contribution in [0.2, 0.25) is 0 Å². The summed E-state index contributed by atoms with van der Waals surface area (Å²) in [7, 11) is 0. The van der Waals surface area contributed by atoms with Gasteiger partial charge in [0.15, 0.2) is 5.82 Å². The van der Waals surface area contributed by atoms with Gasteiger partial charge < -0.3 is 15.3 Å². The molecule has 1 aliphatic rings. The normalized spacial score (nSPS) is 17.8. The number of carbonyl (C=O) groups excluding carboxylic acids is 1. The number of aliphatic carboxylic acids is 1. The Kier molecular flexibility index (Phi) is 4.45. The predicted octanol–water partition coefficient (Wildman–Crippen LogP) is -1.33. The molecule has 0 saturated carbocycles. The fourth-order valence-electron chi connectivity index (χ4n) is 1.99. The number of aromatic amines is 1. The van der Waals surface area contributed by atoms with Crippen LogP contribution in [0.5, 0.6) is 0 Å². The third-order valence-electron chi connectivity index (χ3n) is 3.11. The lowest BCUT2D eigenvalue weighted by molar-refractivity contribution is -0.138. The largest absolute Gasteiger partial charge is 0.480 e. The van der Waals surface area contributed by atoms with Crippen molar-refractivity contribution in [2.45, 2.75) is 13.0 Å². The highest BCUT2D eigenvalue weighted by Gasteiger charge is 2.24. The molecule has 3 N–H and O–H groups in total. The fourth-order valence-corrected chi connectivity index (χ4v) is 1.99. The number of hydrogen-bond acceptors (Lipinski definition) is 6. The highest BCUT2D eigenvalue weighted by Crippen LogP contribution is 2.07. The van der Waals surface area contributed by atoms with E-state index >= 15 is 0 Å². The van der Waals surface area contributed by atoms with E-state index in [2.05, 4.69) is 25.9 Å². The first-order valence-corrected chi connectivity index (χ1v) is 6.29. The molecule has 0 bridgehead atoms. The van der Waals surface area contributed by atoms with Crippen molar-refractivity contribution in [1.29, 1.82) is 0 Å². The van der Waals surface area contributed by atoms with E-state index in [-0.39, 0.29) is 18.6 Å². The lowest BCUT2D eigenvalue weighted by Crippen LogP contribution is -2.52. The maximum absolute atomic E-state index is 12.0. The van der Waals surface area contributed by atoms with Crippen molar-refractivity contribution in [2.75, 3.05) is 32.7 Å². The average molecular weight is 283 g/mol. The number of rotatable bonds is 4. The first-order chi connectivity index (χ1) is 9.56. The number of carboxylic acid groups (broad SMARTS) is 1. The van der Waals surface area contributed by atoms with Crippen molar-refractivity contribution >= 4 is 12.0 Å². The Bertz CT molecular complexity index is 455. The number of carboxylic acids is 1. The highest BCUT2D eigenvalue weighted by atomic mass is 16.4. The standard InChI is InChI=1S/C10H17N7O3/c1-7(9-12-14-15-13-9)11-10(20)17-4-2-16(3-5-17)6-8(18)19/h7H,2-6H2,1H3,(H,11,20)(H,18,19)(H,12,13,14,15). The van der Waals surface area contributed by atoms with Gasteiger partial charge in [0.25, 0.3) is 0 Å². The molecule has 110 valence electrons. The maximum atomic E-state index is 12.0. The summed E-state index contributed by atoms with van der Waals surface area (Å²) in [6.45, 7) is 3.88. The molecular weight excluding hydrogens is 266 g/mol. The van der Waals surface area contributed by atoms with Crippen LogP contribution in [-0.4, -0.2) is 80.3 Å². The summed E-state index contributed by atoms with van der Waals surface area (Å²) in [5.41, 5.74) is 0. The van der Waals surface area contributed by atoms with E-state index in [1.54, 1.807) is 16.7 Å². The zero-order chi connectivity index (χ0) is 14.5. The van der Waals surface area contributed by atoms with Crippen LogP contribution in [0.3, 0.4) is 0 Å². The third kappa shape index (κ3) is 3.63. The fraction of sp³-hybridized carbons (Fsp3) is 0.700. The Morgan fingerprint density at radius 1 is 1.40 bits per heavy atom. The number of nitrogens with zero attached hydrogens (tertiary/aromatic N) is 5. The summed E-state index contributed by atoms with van der Waals surface area (Å²) < 4.78 is 0. The second-order valence-corrected chi connectivity index (χ2v) is 4.60. The van der Waals surface area contributed by atoms with Crippen LogP contribution in [0.25, 0.3) is 0 Å². The van der Waals surface area contributed by atoms with Gasteiger partial charge in [-0.25, -0.2) is 4.79 Å². The Morgan fingerprint density at radius 3 is 2.65 bits per heavy atom. The number of urea groups is 1. The van der Waals surface area contributed by atoms with Gasteiger partial charge in [0.05, 0.1) is 12.6 Å². The Balaban J connectivity index is 1.78. The maximum Gasteiger partial charge on any atom is 0.318 e. The van der Waals surface area contributed by atoms with E-state index in [0.29, 0.717) is 32.0 Å². The number of piperazine rings is 1. The van der Waals surface area contributed by atoms with Crippen molar-refractivity contribution in [1.82, 2.24) is 35.7 Å². The molecule has 0 spiro atoms. The molecule has 0 aliphatic carbocycles. The zero-order valence-electron chi connectivity index (χ0n) is 11.1. The molecule has 10 heteroatoms. The summed E-state index contributed by atoms with van der Waals surface area (Å²) >= 11 is 0. The number of nitrogens with one attached hydrogen (secondary N) is 2. The van der Waals surface area contributed by atoms with Crippen LogP contribution in [-0.2, 0) is 4.79 Å². The van der Waals surface area contributed by atoms with Crippen molar-refractivity contribution < 1.29 is 14.7 Å². The Morgan fingerprint density at radius 2 is 2.10 bits per heavy atom. The van der Waals surface area contributed by atoms with Gasteiger partial charge in [-0.1, -0.05) is 5.21 Å². The molecular formula is C10H17N7O3. The van der Waals surface area contributed by atoms with Crippen LogP contribution in [0.4, 0.5) is 4.79 Å². The minimum absolute atomic E-state index is 0.00865. The van der Waals surface area contributed by atoms with Gasteiger partial charge in [-0.2, -0.15) is 5.21 Å². The number of hydrogen-bond donors (Lipinski definition) is 3. The van der Waals surface area contributed by atoms with E-state index in [1.165, 1.54) is 0 Å². The predicted molar refractivity (Wildman–Crippen MR) is 66.8 cm³/mol. The van der Waals surface area contributed by atoms with Crippen LogP contribution in [0.1, 0.15) is 18.8 Å². The Labute approximate surface area is 115 Å². The third-order valence-corrected chi connectivity index (χ3v) is 3.11. The molecule has 1 aromatic heterocycles. The van der Waals surface area contributed by atoms with Crippen LogP contribution in [0.15, 0.2) is 0 Å². The van der Waals surface area contributed by atoms with Crippen molar-refractivity contribution in [3.05, 3.63) is 5.82 Å². The molecule has 1 atom stereocenters. The van der Waals surface area contributed by atoms with Gasteiger partial charge in [-0.05, 0) is 6.92 Å². The molecule has 1 saturated heterocycles. The summed E-state index contributed by atoms with van der Waals surface area (Å²) in [6, 6.07) is -0.546. The summed E-state index contributed by atoms with van der Waals surface area (Å²) in [5, 5.41) is 24.9. The number of tetrazole rings is 1. The van der Waals surface area contributed by atoms with E-state index in [1.807, 2.05) is 0 Å². The zero-order valence-corrected chi connectivity index (χ0v) is 11.1. The van der Waals surface area contributed by atoms with Gasteiger partial charge in [0, 0.05) is 26.2 Å². The molecule has 0 aromatic carbocycles. The lowest BCUT2D eigenvalue weighted by Gasteiger charge is -2.34. The van der Waals surface area contributed by atoms with E-state index < -0.39 is 5.97 Å². The lowest BCUT2D eigenvalue weighted by atomic mass is 10.3. The smallest absolute Gasteiger partial charge is 0.318 e. The summed E-state index contributed by atoms with van der Waals surface area (Å²) in [4.78, 5) is 26.1. The Hall–Kier alpha value is -2.23. The van der Waals surface area contributed by atoms with Gasteiger partial charge in [-0.15, -0.1) is 10.2 Å². The molecule has 2 heterocycles. The molecule has 10 nitrogen and oxygen atoms in total. The molecule has 1 unspecified atom stereocenters. The number of carbonyl (C=O) groups is 2. The summed E-state index contributed by atoms with van der Waals surface area (Å²) in [6.07, 6.45) is 0. The van der Waals surface area contributed by atoms with Gasteiger partial charge >= 0.3 is 12.0 Å². The van der Waals surface area contributed by atoms with E-state index in [9.17, 15) is 9.59 Å². The molecule has 1 fully saturated rings. The number of amides is 2. The minimum Gasteiger partial charge on any atom is -0.480 e. The molecule has 1 aliphatic heterocycles.